The van der Waals surface area contributed by atoms with Crippen molar-refractivity contribution in [2.24, 2.45) is 0 Å². The highest BCUT2D eigenvalue weighted by Gasteiger charge is 1.93. The molecule has 0 bridgehead atoms. The molecule has 82 valence electrons. The van der Waals surface area contributed by atoms with Gasteiger partial charge in [0, 0.05) is 30.3 Å². The molecule has 2 nitrogen and oxygen atoms in total. The first-order valence-corrected chi connectivity index (χ1v) is 6.30. The number of nitrogens with zero attached hydrogens (tertiary/aromatic N) is 1. The molecular weight excluding hydrogens is 204 g/mol. The van der Waals surface area contributed by atoms with Crippen LogP contribution in [0.2, 0.25) is 0 Å². The molecule has 1 heterocycles. The summed E-state index contributed by atoms with van der Waals surface area (Å²) < 4.78 is 0. The number of hydrogen-bond acceptors (Lipinski definition) is 3. The molecule has 0 fully saturated rings. The Kier molecular flexibility index (Phi) is 6.12. The van der Waals surface area contributed by atoms with Gasteiger partial charge in [0.15, 0.2) is 0 Å². The van der Waals surface area contributed by atoms with E-state index in [0.717, 1.165) is 36.0 Å². The average Bonchev–Trinajstić information content (AvgIpc) is 2.23. The van der Waals surface area contributed by atoms with Gasteiger partial charge >= 0.3 is 0 Å². The summed E-state index contributed by atoms with van der Waals surface area (Å²) >= 11 is 1.89. The van der Waals surface area contributed by atoms with Gasteiger partial charge in [-0.25, -0.2) is 0 Å². The van der Waals surface area contributed by atoms with Crippen molar-refractivity contribution in [1.29, 1.82) is 0 Å². The maximum Gasteiger partial charge on any atom is 0.0544 e. The van der Waals surface area contributed by atoms with E-state index in [1.54, 1.807) is 0 Å². The number of nitrogens with one attached hydrogen (secondary N) is 1. The molecule has 0 amide bonds. The fourth-order valence-electron chi connectivity index (χ4n) is 1.23. The lowest BCUT2D eigenvalue weighted by Gasteiger charge is -2.04. The van der Waals surface area contributed by atoms with Crippen LogP contribution in [0.3, 0.4) is 0 Å². The number of rotatable bonds is 7. The van der Waals surface area contributed by atoms with Crippen LogP contribution in [0, 0.1) is 6.92 Å². The summed E-state index contributed by atoms with van der Waals surface area (Å²) in [4.78, 5) is 4.42. The molecule has 0 atom stereocenters. The average molecular weight is 222 g/mol. The minimum Gasteiger partial charge on any atom is -0.310 e. The third-order valence-electron chi connectivity index (χ3n) is 1.91. The van der Waals surface area contributed by atoms with Crippen molar-refractivity contribution in [3.8, 4) is 0 Å². The zero-order valence-electron chi connectivity index (χ0n) is 9.20. The molecule has 0 aromatic carbocycles. The quantitative estimate of drug-likeness (QED) is 0.566. The summed E-state index contributed by atoms with van der Waals surface area (Å²) in [7, 11) is 0. The summed E-state index contributed by atoms with van der Waals surface area (Å²) in [5.74, 6) is 2.15. The summed E-state index contributed by atoms with van der Waals surface area (Å²) in [6, 6.07) is 6.12. The summed E-state index contributed by atoms with van der Waals surface area (Å²) in [5.41, 5.74) is 2.19. The Hall–Kier alpha value is -0.800. The van der Waals surface area contributed by atoms with Gasteiger partial charge in [-0.1, -0.05) is 12.1 Å². The SMILES string of the molecule is C=CCSCCNCc1cccc(C)n1. The van der Waals surface area contributed by atoms with Gasteiger partial charge in [-0.2, -0.15) is 11.8 Å². The Morgan fingerprint density at radius 2 is 2.40 bits per heavy atom. The predicted molar refractivity (Wildman–Crippen MR) is 68.2 cm³/mol. The lowest BCUT2D eigenvalue weighted by molar-refractivity contribution is 0.713. The van der Waals surface area contributed by atoms with Crippen LogP contribution in [0.4, 0.5) is 0 Å². The van der Waals surface area contributed by atoms with Gasteiger partial charge in [0.25, 0.3) is 0 Å². The molecular formula is C12H18N2S. The van der Waals surface area contributed by atoms with Gasteiger partial charge in [0.2, 0.25) is 0 Å². The van der Waals surface area contributed by atoms with E-state index in [1.807, 2.05) is 36.9 Å². The highest BCUT2D eigenvalue weighted by molar-refractivity contribution is 7.99. The van der Waals surface area contributed by atoms with Crippen LogP contribution in [0.5, 0.6) is 0 Å². The Morgan fingerprint density at radius 1 is 1.53 bits per heavy atom. The van der Waals surface area contributed by atoms with E-state index < -0.39 is 0 Å². The van der Waals surface area contributed by atoms with E-state index in [4.69, 9.17) is 0 Å². The zero-order valence-corrected chi connectivity index (χ0v) is 10.0. The third kappa shape index (κ3) is 5.60. The largest absolute Gasteiger partial charge is 0.310 e. The molecule has 0 unspecified atom stereocenters. The van der Waals surface area contributed by atoms with E-state index >= 15 is 0 Å². The van der Waals surface area contributed by atoms with Gasteiger partial charge < -0.3 is 5.32 Å². The number of thioether (sulfide) groups is 1. The third-order valence-corrected chi connectivity index (χ3v) is 2.88. The van der Waals surface area contributed by atoms with Crippen LogP contribution in [-0.2, 0) is 6.54 Å². The van der Waals surface area contributed by atoms with Crippen molar-refractivity contribution in [2.45, 2.75) is 13.5 Å². The number of aryl methyl sites for hydroxylation is 1. The number of aromatic nitrogens is 1. The second kappa shape index (κ2) is 7.49. The van der Waals surface area contributed by atoms with Crippen LogP contribution in [0.1, 0.15) is 11.4 Å². The number of hydrogen-bond donors (Lipinski definition) is 1. The Morgan fingerprint density at radius 3 is 3.13 bits per heavy atom. The maximum atomic E-state index is 4.42. The fourth-order valence-corrected chi connectivity index (χ4v) is 1.85. The summed E-state index contributed by atoms with van der Waals surface area (Å²) in [5, 5.41) is 3.37. The molecule has 0 aliphatic carbocycles. The first-order chi connectivity index (χ1) is 7.33. The van der Waals surface area contributed by atoms with Crippen LogP contribution < -0.4 is 5.32 Å². The lowest BCUT2D eigenvalue weighted by Crippen LogP contribution is -2.17. The van der Waals surface area contributed by atoms with Crippen LogP contribution >= 0.6 is 11.8 Å². The molecule has 1 aromatic rings. The van der Waals surface area contributed by atoms with Crippen molar-refractivity contribution < 1.29 is 0 Å². The molecule has 1 aromatic heterocycles. The molecule has 0 aliphatic heterocycles. The molecule has 3 heteroatoms. The standard InChI is InChI=1S/C12H18N2S/c1-3-8-15-9-7-13-10-12-6-4-5-11(2)14-12/h3-6,13H,1,7-10H2,2H3. The van der Waals surface area contributed by atoms with E-state index in [-0.39, 0.29) is 0 Å². The highest BCUT2D eigenvalue weighted by atomic mass is 32.2. The topological polar surface area (TPSA) is 24.9 Å². The van der Waals surface area contributed by atoms with Crippen molar-refractivity contribution in [1.82, 2.24) is 10.3 Å². The molecule has 0 aliphatic rings. The van der Waals surface area contributed by atoms with Crippen molar-refractivity contribution in [2.75, 3.05) is 18.1 Å². The molecule has 0 spiro atoms. The molecule has 0 saturated heterocycles. The zero-order chi connectivity index (χ0) is 10.9. The van der Waals surface area contributed by atoms with E-state index in [0.29, 0.717) is 0 Å². The van der Waals surface area contributed by atoms with Crippen LogP contribution in [-0.4, -0.2) is 23.0 Å². The van der Waals surface area contributed by atoms with Crippen molar-refractivity contribution in [3.05, 3.63) is 42.2 Å². The van der Waals surface area contributed by atoms with Crippen LogP contribution in [0.25, 0.3) is 0 Å². The van der Waals surface area contributed by atoms with Gasteiger partial charge in [-0.3, -0.25) is 4.98 Å². The molecule has 0 radical (unpaired) electrons. The second-order valence-electron chi connectivity index (χ2n) is 3.31. The minimum absolute atomic E-state index is 0.857. The first-order valence-electron chi connectivity index (χ1n) is 5.15. The molecule has 0 saturated carbocycles. The molecule has 15 heavy (non-hydrogen) atoms. The van der Waals surface area contributed by atoms with Crippen LogP contribution in [0.15, 0.2) is 30.9 Å². The van der Waals surface area contributed by atoms with Gasteiger partial charge in [-0.15, -0.1) is 6.58 Å². The molecule has 1 rings (SSSR count). The lowest BCUT2D eigenvalue weighted by atomic mass is 10.3. The minimum atomic E-state index is 0.857. The monoisotopic (exact) mass is 222 g/mol. The van der Waals surface area contributed by atoms with Gasteiger partial charge in [0.05, 0.1) is 5.69 Å². The maximum absolute atomic E-state index is 4.42. The predicted octanol–water partition coefficient (Wildman–Crippen LogP) is 2.40. The molecule has 1 N–H and O–H groups in total. The first kappa shape index (κ1) is 12.3. The number of pyridine rings is 1. The summed E-state index contributed by atoms with van der Waals surface area (Å²) in [6.45, 7) is 7.58. The summed E-state index contributed by atoms with van der Waals surface area (Å²) in [6.07, 6.45) is 1.94. The highest BCUT2D eigenvalue weighted by Crippen LogP contribution is 1.99. The smallest absolute Gasteiger partial charge is 0.0544 e. The van der Waals surface area contributed by atoms with Crippen molar-refractivity contribution in [3.63, 3.8) is 0 Å². The van der Waals surface area contributed by atoms with E-state index in [1.165, 1.54) is 0 Å². The fraction of sp³-hybridized carbons (Fsp3) is 0.417. The van der Waals surface area contributed by atoms with Gasteiger partial charge in [-0.05, 0) is 19.1 Å². The normalized spacial score (nSPS) is 10.2. The van der Waals surface area contributed by atoms with E-state index in [9.17, 15) is 0 Å². The Balaban J connectivity index is 2.12. The Labute approximate surface area is 96.2 Å². The Bertz CT molecular complexity index is 299. The van der Waals surface area contributed by atoms with Gasteiger partial charge in [0.1, 0.15) is 0 Å². The second-order valence-corrected chi connectivity index (χ2v) is 4.46. The van der Waals surface area contributed by atoms with Crippen molar-refractivity contribution >= 4 is 11.8 Å². The van der Waals surface area contributed by atoms with E-state index in [2.05, 4.69) is 22.9 Å².